The third-order valence-corrected chi connectivity index (χ3v) is 3.74. The molecule has 1 heterocycles. The molecule has 1 aliphatic carbocycles. The summed E-state index contributed by atoms with van der Waals surface area (Å²) in [5.41, 5.74) is 1.46. The summed E-state index contributed by atoms with van der Waals surface area (Å²) in [6, 6.07) is 7.29. The highest BCUT2D eigenvalue weighted by atomic mass is 16.3. The first-order valence-electron chi connectivity index (χ1n) is 7.24. The van der Waals surface area contributed by atoms with Crippen molar-refractivity contribution in [3.05, 3.63) is 36.2 Å². The van der Waals surface area contributed by atoms with Crippen LogP contribution >= 0.6 is 0 Å². The minimum Gasteiger partial charge on any atom is -0.437 e. The summed E-state index contributed by atoms with van der Waals surface area (Å²) in [6.07, 6.45) is 6.13. The second-order valence-corrected chi connectivity index (χ2v) is 5.32. The molecule has 1 aromatic heterocycles. The number of nitrogens with zero attached hydrogens (tertiary/aromatic N) is 1. The van der Waals surface area contributed by atoms with Gasteiger partial charge in [-0.2, -0.15) is 0 Å². The van der Waals surface area contributed by atoms with E-state index in [2.05, 4.69) is 10.3 Å². The summed E-state index contributed by atoms with van der Waals surface area (Å²) in [4.78, 5) is 16.1. The molecule has 0 saturated heterocycles. The van der Waals surface area contributed by atoms with Crippen molar-refractivity contribution in [3.63, 3.8) is 0 Å². The average Bonchev–Trinajstić information content (AvgIpc) is 2.90. The van der Waals surface area contributed by atoms with Gasteiger partial charge in [0.2, 0.25) is 11.8 Å². The zero-order valence-electron chi connectivity index (χ0n) is 11.7. The highest BCUT2D eigenvalue weighted by Gasteiger charge is 2.23. The number of rotatable bonds is 3. The molecule has 2 aromatic rings. The Morgan fingerprint density at radius 2 is 2.14 bits per heavy atom. The molecule has 1 aliphatic rings. The predicted molar refractivity (Wildman–Crippen MR) is 79.4 cm³/mol. The van der Waals surface area contributed by atoms with Gasteiger partial charge in [-0.1, -0.05) is 25.0 Å². The molecule has 3 rings (SSSR count). The van der Waals surface area contributed by atoms with E-state index in [-0.39, 0.29) is 11.9 Å². The number of fused-ring (bicyclic) bond motifs is 1. The number of para-hydroxylation sites is 2. The summed E-state index contributed by atoms with van der Waals surface area (Å²) in [5.74, 6) is 0.166. The maximum absolute atomic E-state index is 11.9. The largest absolute Gasteiger partial charge is 0.437 e. The molecule has 0 spiro atoms. The number of nitrogens with one attached hydrogen (secondary N) is 1. The van der Waals surface area contributed by atoms with Crippen molar-refractivity contribution in [1.82, 2.24) is 10.3 Å². The molecule has 21 heavy (non-hydrogen) atoms. The quantitative estimate of drug-likeness (QED) is 0.849. The Labute approximate surface area is 122 Å². The molecule has 1 fully saturated rings. The van der Waals surface area contributed by atoms with Crippen molar-refractivity contribution in [2.75, 3.05) is 0 Å². The second kappa shape index (κ2) is 6.10. The minimum absolute atomic E-state index is 0.153. The highest BCUT2D eigenvalue weighted by Crippen LogP contribution is 2.18. The lowest BCUT2D eigenvalue weighted by Gasteiger charge is -2.27. The smallest absolute Gasteiger partial charge is 0.244 e. The summed E-state index contributed by atoms with van der Waals surface area (Å²) in [5, 5.41) is 12.7. The van der Waals surface area contributed by atoms with E-state index in [1.54, 1.807) is 6.08 Å². The number of oxazole rings is 1. The van der Waals surface area contributed by atoms with E-state index < -0.39 is 6.10 Å². The van der Waals surface area contributed by atoms with Crippen LogP contribution in [0.1, 0.15) is 31.6 Å². The fourth-order valence-corrected chi connectivity index (χ4v) is 2.62. The number of aromatic nitrogens is 1. The lowest BCUT2D eigenvalue weighted by Crippen LogP contribution is -2.44. The number of hydrogen-bond donors (Lipinski definition) is 2. The van der Waals surface area contributed by atoms with Crippen molar-refractivity contribution < 1.29 is 14.3 Å². The van der Waals surface area contributed by atoms with Crippen LogP contribution in [0.2, 0.25) is 0 Å². The van der Waals surface area contributed by atoms with Gasteiger partial charge in [-0.25, -0.2) is 4.98 Å². The first-order chi connectivity index (χ1) is 10.2. The van der Waals surface area contributed by atoms with Crippen molar-refractivity contribution in [3.8, 4) is 0 Å². The van der Waals surface area contributed by atoms with Gasteiger partial charge in [0.05, 0.1) is 12.1 Å². The van der Waals surface area contributed by atoms with Crippen molar-refractivity contribution >= 4 is 23.1 Å². The number of amides is 1. The van der Waals surface area contributed by atoms with Crippen LogP contribution in [0.4, 0.5) is 0 Å². The maximum Gasteiger partial charge on any atom is 0.244 e. The van der Waals surface area contributed by atoms with Gasteiger partial charge in [0.1, 0.15) is 5.52 Å². The molecule has 0 aliphatic heterocycles. The van der Waals surface area contributed by atoms with Crippen LogP contribution in [0.3, 0.4) is 0 Å². The Bertz CT molecular complexity index is 629. The van der Waals surface area contributed by atoms with Gasteiger partial charge in [-0.3, -0.25) is 4.79 Å². The summed E-state index contributed by atoms with van der Waals surface area (Å²) >= 11 is 0. The Hall–Kier alpha value is -2.14. The van der Waals surface area contributed by atoms with Gasteiger partial charge in [-0.05, 0) is 25.0 Å². The molecule has 1 saturated carbocycles. The van der Waals surface area contributed by atoms with Crippen LogP contribution in [-0.2, 0) is 4.79 Å². The highest BCUT2D eigenvalue weighted by molar-refractivity contribution is 5.91. The monoisotopic (exact) mass is 286 g/mol. The average molecular weight is 286 g/mol. The van der Waals surface area contributed by atoms with Gasteiger partial charge in [0, 0.05) is 12.2 Å². The molecular weight excluding hydrogens is 268 g/mol. The van der Waals surface area contributed by atoms with Crippen LogP contribution < -0.4 is 5.32 Å². The lowest BCUT2D eigenvalue weighted by molar-refractivity contribution is -0.118. The van der Waals surface area contributed by atoms with E-state index in [4.69, 9.17) is 4.42 Å². The number of aliphatic hydroxyl groups excluding tert-OH is 1. The zero-order chi connectivity index (χ0) is 14.7. The molecule has 0 radical (unpaired) electrons. The van der Waals surface area contributed by atoms with Gasteiger partial charge in [0.25, 0.3) is 0 Å². The Morgan fingerprint density at radius 3 is 2.95 bits per heavy atom. The normalized spacial score (nSPS) is 22.7. The molecule has 2 N–H and O–H groups in total. The summed E-state index contributed by atoms with van der Waals surface area (Å²) in [7, 11) is 0. The second-order valence-electron chi connectivity index (χ2n) is 5.32. The third kappa shape index (κ3) is 3.31. The molecular formula is C16H18N2O3. The molecule has 1 aromatic carbocycles. The zero-order valence-corrected chi connectivity index (χ0v) is 11.7. The molecule has 0 bridgehead atoms. The number of carbonyl (C=O) groups is 1. The van der Waals surface area contributed by atoms with Gasteiger partial charge >= 0.3 is 0 Å². The standard InChI is InChI=1S/C16H18N2O3/c19-13-7-3-1-5-11(13)17-15(20)9-10-16-18-12-6-2-4-8-14(12)21-16/h2,4,6,8-11,13,19H,1,3,5,7H2,(H,17,20)/b10-9+/t11-,13-/m0/s1. The maximum atomic E-state index is 11.9. The van der Waals surface area contributed by atoms with Crippen molar-refractivity contribution in [2.24, 2.45) is 0 Å². The number of benzene rings is 1. The van der Waals surface area contributed by atoms with Crippen molar-refractivity contribution in [1.29, 1.82) is 0 Å². The molecule has 110 valence electrons. The fraction of sp³-hybridized carbons (Fsp3) is 0.375. The van der Waals surface area contributed by atoms with E-state index in [0.717, 1.165) is 31.2 Å². The molecule has 1 amide bonds. The Morgan fingerprint density at radius 1 is 1.33 bits per heavy atom. The van der Waals surface area contributed by atoms with E-state index >= 15 is 0 Å². The third-order valence-electron chi connectivity index (χ3n) is 3.74. The first kappa shape index (κ1) is 13.8. The molecule has 5 nitrogen and oxygen atoms in total. The predicted octanol–water partition coefficient (Wildman–Crippen LogP) is 2.26. The number of hydrogen-bond acceptors (Lipinski definition) is 4. The van der Waals surface area contributed by atoms with E-state index in [1.165, 1.54) is 6.08 Å². The first-order valence-corrected chi connectivity index (χ1v) is 7.24. The topological polar surface area (TPSA) is 75.4 Å². The number of carbonyl (C=O) groups excluding carboxylic acids is 1. The number of aliphatic hydroxyl groups is 1. The van der Waals surface area contributed by atoms with Gasteiger partial charge in [0.15, 0.2) is 5.58 Å². The van der Waals surface area contributed by atoms with E-state index in [0.29, 0.717) is 11.5 Å². The Kier molecular flexibility index (Phi) is 4.01. The fourth-order valence-electron chi connectivity index (χ4n) is 2.62. The van der Waals surface area contributed by atoms with Crippen molar-refractivity contribution in [2.45, 2.75) is 37.8 Å². The van der Waals surface area contributed by atoms with Crippen LogP contribution in [0, 0.1) is 0 Å². The molecule has 2 atom stereocenters. The van der Waals surface area contributed by atoms with E-state index in [9.17, 15) is 9.90 Å². The lowest BCUT2D eigenvalue weighted by atomic mass is 9.92. The summed E-state index contributed by atoms with van der Waals surface area (Å²) < 4.78 is 5.50. The van der Waals surface area contributed by atoms with Crippen LogP contribution in [0.15, 0.2) is 34.8 Å². The van der Waals surface area contributed by atoms with Gasteiger partial charge < -0.3 is 14.8 Å². The molecule has 0 unspecified atom stereocenters. The van der Waals surface area contributed by atoms with Gasteiger partial charge in [-0.15, -0.1) is 0 Å². The molecule has 5 heteroatoms. The van der Waals surface area contributed by atoms with Crippen LogP contribution in [0.25, 0.3) is 17.2 Å². The van der Waals surface area contributed by atoms with Crippen LogP contribution in [0.5, 0.6) is 0 Å². The SMILES string of the molecule is O=C(/C=C/c1nc2ccccc2o1)N[C@H]1CCCC[C@@H]1O. The Balaban J connectivity index is 1.63. The van der Waals surface area contributed by atoms with Crippen LogP contribution in [-0.4, -0.2) is 28.1 Å². The minimum atomic E-state index is -0.444. The summed E-state index contributed by atoms with van der Waals surface area (Å²) in [6.45, 7) is 0. The van der Waals surface area contributed by atoms with E-state index in [1.807, 2.05) is 24.3 Å².